The third-order valence-corrected chi connectivity index (χ3v) is 3.20. The summed E-state index contributed by atoms with van der Waals surface area (Å²) in [7, 11) is 0. The number of H-pyrrole nitrogens is 1. The van der Waals surface area contributed by atoms with Gasteiger partial charge in [-0.05, 0) is 29.4 Å². The number of aromatic nitrogens is 2. The molecule has 0 aliphatic carbocycles. The smallest absolute Gasteiger partial charge is 0.0652 e. The molecule has 18 heavy (non-hydrogen) atoms. The molecule has 0 spiro atoms. The molecule has 0 fully saturated rings. The zero-order valence-corrected chi connectivity index (χ0v) is 11.7. The van der Waals surface area contributed by atoms with Crippen molar-refractivity contribution < 1.29 is 0 Å². The molecule has 2 rings (SSSR count). The summed E-state index contributed by atoms with van der Waals surface area (Å²) in [5, 5.41) is 7.11. The number of benzene rings is 1. The van der Waals surface area contributed by atoms with Gasteiger partial charge in [0.15, 0.2) is 0 Å². The Hall–Kier alpha value is -1.57. The van der Waals surface area contributed by atoms with Crippen LogP contribution in [0.15, 0.2) is 36.5 Å². The van der Waals surface area contributed by atoms with Crippen molar-refractivity contribution in [1.82, 2.24) is 10.2 Å². The van der Waals surface area contributed by atoms with Crippen molar-refractivity contribution in [2.45, 2.75) is 40.0 Å². The zero-order chi connectivity index (χ0) is 13.2. The first-order valence-corrected chi connectivity index (χ1v) is 6.56. The quantitative estimate of drug-likeness (QED) is 0.836. The van der Waals surface area contributed by atoms with Crippen LogP contribution >= 0.6 is 0 Å². The summed E-state index contributed by atoms with van der Waals surface area (Å²) in [6.07, 6.45) is 2.98. The Balaban J connectivity index is 2.34. The Morgan fingerprint density at radius 1 is 1.17 bits per heavy atom. The lowest BCUT2D eigenvalue weighted by atomic mass is 9.81. The predicted octanol–water partition coefficient (Wildman–Crippen LogP) is 4.62. The van der Waals surface area contributed by atoms with Gasteiger partial charge in [0, 0.05) is 11.8 Å². The van der Waals surface area contributed by atoms with Crippen LogP contribution in [0.5, 0.6) is 0 Å². The molecule has 1 aromatic carbocycles. The van der Waals surface area contributed by atoms with Crippen LogP contribution in [0.1, 0.15) is 45.6 Å². The zero-order valence-electron chi connectivity index (χ0n) is 11.7. The fraction of sp³-hybridized carbons (Fsp3) is 0.438. The molecule has 96 valence electrons. The second-order valence-corrected chi connectivity index (χ2v) is 6.22. The molecule has 0 saturated carbocycles. The average molecular weight is 242 g/mol. The lowest BCUT2D eigenvalue weighted by Gasteiger charge is -2.24. The van der Waals surface area contributed by atoms with Crippen LogP contribution in [0.3, 0.4) is 0 Å². The third kappa shape index (κ3) is 3.00. The Morgan fingerprint density at radius 2 is 1.89 bits per heavy atom. The maximum Gasteiger partial charge on any atom is 0.0652 e. The van der Waals surface area contributed by atoms with E-state index in [-0.39, 0.29) is 0 Å². The summed E-state index contributed by atoms with van der Waals surface area (Å²) in [6.45, 7) is 9.19. The van der Waals surface area contributed by atoms with E-state index in [9.17, 15) is 0 Å². The van der Waals surface area contributed by atoms with Crippen molar-refractivity contribution >= 4 is 0 Å². The van der Waals surface area contributed by atoms with Crippen LogP contribution in [-0.4, -0.2) is 10.2 Å². The summed E-state index contributed by atoms with van der Waals surface area (Å²) >= 11 is 0. The van der Waals surface area contributed by atoms with E-state index in [1.54, 1.807) is 6.20 Å². The van der Waals surface area contributed by atoms with Crippen molar-refractivity contribution in [2.75, 3.05) is 0 Å². The molecule has 0 saturated heterocycles. The van der Waals surface area contributed by atoms with Gasteiger partial charge in [0.2, 0.25) is 0 Å². The minimum absolute atomic E-state index is 0.348. The fourth-order valence-electron chi connectivity index (χ4n) is 2.61. The Labute approximate surface area is 109 Å². The van der Waals surface area contributed by atoms with E-state index in [0.29, 0.717) is 11.3 Å². The summed E-state index contributed by atoms with van der Waals surface area (Å²) in [5.74, 6) is 0.546. The lowest BCUT2D eigenvalue weighted by molar-refractivity contribution is 0.349. The molecule has 2 nitrogen and oxygen atoms in total. The molecule has 1 aromatic heterocycles. The minimum atomic E-state index is 0.348. The Bertz CT molecular complexity index is 492. The van der Waals surface area contributed by atoms with E-state index in [2.05, 4.69) is 62.2 Å². The van der Waals surface area contributed by atoms with Gasteiger partial charge in [-0.2, -0.15) is 5.10 Å². The molecule has 1 heterocycles. The highest BCUT2D eigenvalue weighted by Crippen LogP contribution is 2.35. The molecule has 0 radical (unpaired) electrons. The molecule has 1 unspecified atom stereocenters. The first kappa shape index (κ1) is 12.9. The standard InChI is InChI=1S/C16H22N2/c1-12(11-16(2,3)4)13-7-5-6-8-14(13)15-9-10-17-18-15/h5-10,12H,11H2,1-4H3,(H,17,18). The third-order valence-electron chi connectivity index (χ3n) is 3.20. The molecular formula is C16H22N2. The SMILES string of the molecule is CC(CC(C)(C)C)c1ccccc1-c1ccn[nH]1. The van der Waals surface area contributed by atoms with Gasteiger partial charge in [0.1, 0.15) is 0 Å². The molecule has 0 aliphatic heterocycles. The highest BCUT2D eigenvalue weighted by atomic mass is 15.1. The van der Waals surface area contributed by atoms with Gasteiger partial charge in [0.25, 0.3) is 0 Å². The molecule has 0 amide bonds. The van der Waals surface area contributed by atoms with Gasteiger partial charge in [0.05, 0.1) is 5.69 Å². The van der Waals surface area contributed by atoms with Crippen LogP contribution in [0.2, 0.25) is 0 Å². The summed E-state index contributed by atoms with van der Waals surface area (Å²) in [5.41, 5.74) is 4.12. The summed E-state index contributed by atoms with van der Waals surface area (Å²) < 4.78 is 0. The fourth-order valence-corrected chi connectivity index (χ4v) is 2.61. The average Bonchev–Trinajstić information content (AvgIpc) is 2.80. The van der Waals surface area contributed by atoms with E-state index in [1.165, 1.54) is 17.5 Å². The molecule has 0 bridgehead atoms. The van der Waals surface area contributed by atoms with Gasteiger partial charge in [-0.1, -0.05) is 52.0 Å². The second kappa shape index (κ2) is 4.97. The van der Waals surface area contributed by atoms with Crippen molar-refractivity contribution in [2.24, 2.45) is 5.41 Å². The van der Waals surface area contributed by atoms with Gasteiger partial charge < -0.3 is 0 Å². The van der Waals surface area contributed by atoms with Crippen molar-refractivity contribution in [3.63, 3.8) is 0 Å². The number of rotatable bonds is 3. The maximum absolute atomic E-state index is 4.05. The second-order valence-electron chi connectivity index (χ2n) is 6.22. The van der Waals surface area contributed by atoms with Crippen LogP contribution in [-0.2, 0) is 0 Å². The molecule has 1 atom stereocenters. The Kier molecular flexibility index (Phi) is 3.55. The largest absolute Gasteiger partial charge is 0.278 e. The highest BCUT2D eigenvalue weighted by Gasteiger charge is 2.19. The van der Waals surface area contributed by atoms with Crippen LogP contribution in [0.4, 0.5) is 0 Å². The van der Waals surface area contributed by atoms with E-state index in [4.69, 9.17) is 0 Å². The number of nitrogens with one attached hydrogen (secondary N) is 1. The van der Waals surface area contributed by atoms with Crippen molar-refractivity contribution in [3.05, 3.63) is 42.1 Å². The number of aromatic amines is 1. The summed E-state index contributed by atoms with van der Waals surface area (Å²) in [6, 6.07) is 10.6. The van der Waals surface area contributed by atoms with E-state index >= 15 is 0 Å². The number of hydrogen-bond donors (Lipinski definition) is 1. The number of hydrogen-bond acceptors (Lipinski definition) is 1. The van der Waals surface area contributed by atoms with Crippen LogP contribution in [0.25, 0.3) is 11.3 Å². The highest BCUT2D eigenvalue weighted by molar-refractivity contribution is 5.63. The van der Waals surface area contributed by atoms with Gasteiger partial charge in [-0.3, -0.25) is 5.10 Å². The molecule has 2 heteroatoms. The molecule has 0 aliphatic rings. The Morgan fingerprint density at radius 3 is 2.50 bits per heavy atom. The molecular weight excluding hydrogens is 220 g/mol. The molecule has 1 N–H and O–H groups in total. The minimum Gasteiger partial charge on any atom is -0.278 e. The number of nitrogens with zero attached hydrogens (tertiary/aromatic N) is 1. The van der Waals surface area contributed by atoms with E-state index in [0.717, 1.165) is 5.69 Å². The first-order chi connectivity index (χ1) is 8.47. The first-order valence-electron chi connectivity index (χ1n) is 6.56. The van der Waals surface area contributed by atoms with Crippen LogP contribution < -0.4 is 0 Å². The summed E-state index contributed by atoms with van der Waals surface area (Å²) in [4.78, 5) is 0. The van der Waals surface area contributed by atoms with E-state index in [1.807, 2.05) is 6.07 Å². The van der Waals surface area contributed by atoms with Crippen molar-refractivity contribution in [1.29, 1.82) is 0 Å². The lowest BCUT2D eigenvalue weighted by Crippen LogP contribution is -2.10. The predicted molar refractivity (Wildman–Crippen MR) is 76.5 cm³/mol. The van der Waals surface area contributed by atoms with Crippen LogP contribution in [0, 0.1) is 5.41 Å². The van der Waals surface area contributed by atoms with Gasteiger partial charge in [-0.15, -0.1) is 0 Å². The van der Waals surface area contributed by atoms with Gasteiger partial charge in [-0.25, -0.2) is 0 Å². The topological polar surface area (TPSA) is 28.7 Å². The van der Waals surface area contributed by atoms with Crippen molar-refractivity contribution in [3.8, 4) is 11.3 Å². The van der Waals surface area contributed by atoms with Gasteiger partial charge >= 0.3 is 0 Å². The maximum atomic E-state index is 4.05. The monoisotopic (exact) mass is 242 g/mol. The van der Waals surface area contributed by atoms with E-state index < -0.39 is 0 Å². The normalized spacial score (nSPS) is 13.6. The molecule has 2 aromatic rings.